The zero-order valence-corrected chi connectivity index (χ0v) is 19.7. The molecule has 32 heavy (non-hydrogen) atoms. The van der Waals surface area contributed by atoms with Crippen molar-refractivity contribution >= 4 is 51.1 Å². The number of hydrogen-bond donors (Lipinski definition) is 2. The van der Waals surface area contributed by atoms with Crippen molar-refractivity contribution < 1.29 is 28.7 Å². The predicted octanol–water partition coefficient (Wildman–Crippen LogP) is 4.22. The van der Waals surface area contributed by atoms with Gasteiger partial charge in [-0.05, 0) is 68.8 Å². The number of esters is 2. The zero-order chi connectivity index (χ0) is 23.7. The van der Waals surface area contributed by atoms with Crippen LogP contribution in [0.4, 0.5) is 11.4 Å². The fourth-order valence-corrected chi connectivity index (χ4v) is 2.80. The van der Waals surface area contributed by atoms with Gasteiger partial charge in [-0.15, -0.1) is 0 Å². The maximum Gasteiger partial charge on any atom is 0.338 e. The van der Waals surface area contributed by atoms with Crippen LogP contribution in [0.15, 0.2) is 46.9 Å². The van der Waals surface area contributed by atoms with Crippen LogP contribution >= 0.6 is 15.9 Å². The summed E-state index contributed by atoms with van der Waals surface area (Å²) in [6.45, 7) is 4.96. The fourth-order valence-electron chi connectivity index (χ4n) is 2.55. The Balaban J connectivity index is 1.71. The van der Waals surface area contributed by atoms with Crippen molar-refractivity contribution in [3.8, 4) is 0 Å². The van der Waals surface area contributed by atoms with Crippen LogP contribution < -0.4 is 10.6 Å². The van der Waals surface area contributed by atoms with E-state index in [4.69, 9.17) is 9.47 Å². The molecule has 9 heteroatoms. The number of benzene rings is 2. The van der Waals surface area contributed by atoms with E-state index in [1.807, 2.05) is 6.92 Å². The van der Waals surface area contributed by atoms with Crippen molar-refractivity contribution in [1.29, 1.82) is 0 Å². The Hall–Kier alpha value is -3.20. The minimum absolute atomic E-state index is 0.108. The van der Waals surface area contributed by atoms with E-state index in [1.165, 1.54) is 0 Å². The lowest BCUT2D eigenvalue weighted by atomic mass is 10.2. The normalized spacial score (nSPS) is 10.4. The van der Waals surface area contributed by atoms with Gasteiger partial charge < -0.3 is 20.1 Å². The van der Waals surface area contributed by atoms with Crippen LogP contribution in [0.5, 0.6) is 0 Å². The summed E-state index contributed by atoms with van der Waals surface area (Å²) in [6.07, 6.45) is -0.503. The van der Waals surface area contributed by atoms with E-state index in [9.17, 15) is 19.2 Å². The van der Waals surface area contributed by atoms with E-state index in [1.54, 1.807) is 56.3 Å². The Morgan fingerprint density at radius 2 is 1.53 bits per heavy atom. The van der Waals surface area contributed by atoms with Crippen LogP contribution in [0.2, 0.25) is 0 Å². The Kier molecular flexibility index (Phi) is 9.39. The van der Waals surface area contributed by atoms with E-state index in [0.717, 1.165) is 10.0 Å². The Morgan fingerprint density at radius 1 is 0.906 bits per heavy atom. The summed E-state index contributed by atoms with van der Waals surface area (Å²) in [5, 5.41) is 5.27. The van der Waals surface area contributed by atoms with Crippen LogP contribution in [0.3, 0.4) is 0 Å². The lowest BCUT2D eigenvalue weighted by Crippen LogP contribution is -2.21. The average molecular weight is 505 g/mol. The van der Waals surface area contributed by atoms with Crippen LogP contribution in [0.25, 0.3) is 0 Å². The van der Waals surface area contributed by atoms with E-state index < -0.39 is 30.4 Å². The molecule has 0 unspecified atom stereocenters. The number of hydrogen-bond acceptors (Lipinski definition) is 6. The Labute approximate surface area is 194 Å². The predicted molar refractivity (Wildman–Crippen MR) is 123 cm³/mol. The molecule has 0 saturated heterocycles. The lowest BCUT2D eigenvalue weighted by molar-refractivity contribution is -0.147. The van der Waals surface area contributed by atoms with E-state index in [-0.39, 0.29) is 18.9 Å². The van der Waals surface area contributed by atoms with Gasteiger partial charge in [0.2, 0.25) is 5.91 Å². The molecule has 2 N–H and O–H groups in total. The first-order valence-electron chi connectivity index (χ1n) is 9.96. The largest absolute Gasteiger partial charge is 0.459 e. The summed E-state index contributed by atoms with van der Waals surface area (Å²) >= 11 is 3.38. The van der Waals surface area contributed by atoms with Gasteiger partial charge in [0.1, 0.15) is 0 Å². The standard InChI is InChI=1S/C23H25BrN2O6/c1-14(2)32-23(30)16-4-6-17(7-5-16)25-20(27)10-11-22(29)31-13-21(28)26-18-8-9-19(24)15(3)12-18/h4-9,12,14H,10-11,13H2,1-3H3,(H,25,27)(H,26,28). The molecule has 0 fully saturated rings. The van der Waals surface area contributed by atoms with Crippen LogP contribution in [0, 0.1) is 6.92 Å². The van der Waals surface area contributed by atoms with Crippen LogP contribution in [0.1, 0.15) is 42.6 Å². The third-order valence-electron chi connectivity index (χ3n) is 4.11. The highest BCUT2D eigenvalue weighted by molar-refractivity contribution is 9.10. The van der Waals surface area contributed by atoms with Crippen LogP contribution in [-0.4, -0.2) is 36.5 Å². The molecule has 0 aromatic heterocycles. The molecule has 0 atom stereocenters. The molecule has 2 amide bonds. The summed E-state index contributed by atoms with van der Waals surface area (Å²) < 4.78 is 10.9. The lowest BCUT2D eigenvalue weighted by Gasteiger charge is -2.09. The van der Waals surface area contributed by atoms with Crippen molar-refractivity contribution in [1.82, 2.24) is 0 Å². The van der Waals surface area contributed by atoms with Gasteiger partial charge in [0.25, 0.3) is 5.91 Å². The van der Waals surface area contributed by atoms with Gasteiger partial charge in [0, 0.05) is 22.3 Å². The highest BCUT2D eigenvalue weighted by Crippen LogP contribution is 2.20. The fraction of sp³-hybridized carbons (Fsp3) is 0.304. The van der Waals surface area contributed by atoms with Gasteiger partial charge in [-0.1, -0.05) is 15.9 Å². The average Bonchev–Trinajstić information content (AvgIpc) is 2.73. The smallest absolute Gasteiger partial charge is 0.338 e. The van der Waals surface area contributed by atoms with Crippen molar-refractivity contribution in [2.45, 2.75) is 39.7 Å². The number of aryl methyl sites for hydroxylation is 1. The summed E-state index contributed by atoms with van der Waals surface area (Å²) in [5.74, 6) is -1.97. The highest BCUT2D eigenvalue weighted by atomic mass is 79.9. The maximum absolute atomic E-state index is 12.0. The number of halogens is 1. The summed E-state index contributed by atoms with van der Waals surface area (Å²) in [4.78, 5) is 47.6. The van der Waals surface area contributed by atoms with Crippen molar-refractivity contribution in [3.05, 3.63) is 58.1 Å². The summed E-state index contributed by atoms with van der Waals surface area (Å²) in [5.41, 5.74) is 2.40. The van der Waals surface area contributed by atoms with E-state index in [2.05, 4.69) is 26.6 Å². The molecular weight excluding hydrogens is 480 g/mol. The summed E-state index contributed by atoms with van der Waals surface area (Å²) in [6, 6.07) is 11.5. The zero-order valence-electron chi connectivity index (χ0n) is 18.1. The second-order valence-corrected chi connectivity index (χ2v) is 8.11. The number of rotatable bonds is 9. The van der Waals surface area contributed by atoms with Crippen molar-refractivity contribution in [2.24, 2.45) is 0 Å². The second kappa shape index (κ2) is 12.0. The van der Waals surface area contributed by atoms with Crippen molar-refractivity contribution in [2.75, 3.05) is 17.2 Å². The van der Waals surface area contributed by atoms with Gasteiger partial charge in [-0.25, -0.2) is 4.79 Å². The molecule has 0 saturated carbocycles. The first-order valence-corrected chi connectivity index (χ1v) is 10.8. The first kappa shape index (κ1) is 25.1. The molecule has 0 aliphatic heterocycles. The molecule has 0 bridgehead atoms. The number of ether oxygens (including phenoxy) is 2. The number of carbonyl (C=O) groups is 4. The minimum Gasteiger partial charge on any atom is -0.459 e. The van der Waals surface area contributed by atoms with Gasteiger partial charge in [-0.2, -0.15) is 0 Å². The number of anilines is 2. The third kappa shape index (κ3) is 8.50. The molecule has 0 spiro atoms. The molecule has 0 aliphatic rings. The van der Waals surface area contributed by atoms with Crippen molar-refractivity contribution in [3.63, 3.8) is 0 Å². The van der Waals surface area contributed by atoms with Gasteiger partial charge in [0.05, 0.1) is 18.1 Å². The first-order chi connectivity index (χ1) is 15.1. The molecular formula is C23H25BrN2O6. The quantitative estimate of drug-likeness (QED) is 0.494. The number of amides is 2. The molecule has 0 heterocycles. The Morgan fingerprint density at radius 3 is 2.16 bits per heavy atom. The van der Waals surface area contributed by atoms with Gasteiger partial charge >= 0.3 is 11.9 Å². The molecule has 170 valence electrons. The second-order valence-electron chi connectivity index (χ2n) is 7.25. The SMILES string of the molecule is Cc1cc(NC(=O)COC(=O)CCC(=O)Nc2ccc(C(=O)OC(C)C)cc2)ccc1Br. The van der Waals surface area contributed by atoms with E-state index >= 15 is 0 Å². The number of carbonyl (C=O) groups excluding carboxylic acids is 4. The van der Waals surface area contributed by atoms with Gasteiger partial charge in [0.15, 0.2) is 6.61 Å². The molecule has 0 aliphatic carbocycles. The number of nitrogens with one attached hydrogen (secondary N) is 2. The molecule has 2 rings (SSSR count). The molecule has 2 aromatic rings. The maximum atomic E-state index is 12.0. The summed E-state index contributed by atoms with van der Waals surface area (Å²) in [7, 11) is 0. The van der Waals surface area contributed by atoms with Crippen LogP contribution in [-0.2, 0) is 23.9 Å². The molecule has 8 nitrogen and oxygen atoms in total. The minimum atomic E-state index is -0.658. The van der Waals surface area contributed by atoms with E-state index in [0.29, 0.717) is 16.9 Å². The van der Waals surface area contributed by atoms with Gasteiger partial charge in [-0.3, -0.25) is 14.4 Å². The third-order valence-corrected chi connectivity index (χ3v) is 5.00. The molecule has 2 aromatic carbocycles. The topological polar surface area (TPSA) is 111 Å². The Bertz CT molecular complexity index is 988. The monoisotopic (exact) mass is 504 g/mol. The molecule has 0 radical (unpaired) electrons. The highest BCUT2D eigenvalue weighted by Gasteiger charge is 2.12.